The molecule has 0 atom stereocenters. The van der Waals surface area contributed by atoms with Crippen LogP contribution in [-0.4, -0.2) is 29.7 Å². The zero-order valence-corrected chi connectivity index (χ0v) is 13.0. The molecule has 4 N–H and O–H groups in total. The first kappa shape index (κ1) is 16.7. The molecule has 0 saturated heterocycles. The molecule has 0 spiro atoms. The smallest absolute Gasteiger partial charge is 0.145 e. The fraction of sp³-hybridized carbons (Fsp3) is 0.714. The number of nitrogen functional groups attached to an aromatic ring is 1. The molecular formula is C14H27N5O. The van der Waals surface area contributed by atoms with E-state index in [0.29, 0.717) is 5.82 Å². The van der Waals surface area contributed by atoms with Crippen LogP contribution in [0.3, 0.4) is 0 Å². The number of hydrazine groups is 1. The van der Waals surface area contributed by atoms with Crippen molar-refractivity contribution in [3.05, 3.63) is 11.9 Å². The zero-order valence-electron chi connectivity index (χ0n) is 13.0. The summed E-state index contributed by atoms with van der Waals surface area (Å²) < 4.78 is 5.44. The zero-order chi connectivity index (χ0) is 15.0. The van der Waals surface area contributed by atoms with E-state index in [4.69, 9.17) is 10.6 Å². The van der Waals surface area contributed by atoms with Crippen LogP contribution in [0.15, 0.2) is 6.07 Å². The first-order valence-corrected chi connectivity index (χ1v) is 7.15. The Balaban J connectivity index is 2.56. The lowest BCUT2D eigenvalue weighted by molar-refractivity contribution is 0.134. The van der Waals surface area contributed by atoms with Gasteiger partial charge in [-0.2, -0.15) is 0 Å². The maximum Gasteiger partial charge on any atom is 0.145 e. The predicted octanol–water partition coefficient (Wildman–Crippen LogP) is 2.29. The second kappa shape index (κ2) is 8.01. The maximum atomic E-state index is 5.45. The number of hydrogen-bond donors (Lipinski definition) is 3. The lowest BCUT2D eigenvalue weighted by atomic mass is 9.96. The molecule has 114 valence electrons. The summed E-state index contributed by atoms with van der Waals surface area (Å²) in [5.74, 6) is 7.62. The molecule has 0 fully saturated rings. The number of nitrogens with two attached hydrogens (primary N) is 1. The van der Waals surface area contributed by atoms with Gasteiger partial charge in [-0.05, 0) is 12.8 Å². The van der Waals surface area contributed by atoms with Crippen LogP contribution in [0.2, 0.25) is 0 Å². The van der Waals surface area contributed by atoms with Crippen LogP contribution in [0.1, 0.15) is 46.4 Å². The van der Waals surface area contributed by atoms with Gasteiger partial charge < -0.3 is 15.5 Å². The highest BCUT2D eigenvalue weighted by Gasteiger charge is 2.18. The fourth-order valence-corrected chi connectivity index (χ4v) is 1.58. The number of nitrogens with zero attached hydrogens (tertiary/aromatic N) is 2. The first-order valence-electron chi connectivity index (χ1n) is 7.15. The fourth-order valence-electron chi connectivity index (χ4n) is 1.58. The Hall–Kier alpha value is -1.40. The van der Waals surface area contributed by atoms with E-state index in [1.807, 2.05) is 6.07 Å². The number of rotatable bonds is 8. The standard InChI is InChI=1S/C14H27N5O/c1-5-8-20-9-6-7-16-11-10-12(19-15)18-13(17-11)14(2,3)4/h10H,5-9,15H2,1-4H3,(H2,16,17,18,19). The van der Waals surface area contributed by atoms with E-state index >= 15 is 0 Å². The van der Waals surface area contributed by atoms with E-state index in [0.717, 1.165) is 44.2 Å². The van der Waals surface area contributed by atoms with Crippen LogP contribution in [0.5, 0.6) is 0 Å². The third-order valence-electron chi connectivity index (χ3n) is 2.66. The average Bonchev–Trinajstić information content (AvgIpc) is 2.41. The Kier molecular flexibility index (Phi) is 6.67. The Morgan fingerprint density at radius 1 is 1.20 bits per heavy atom. The molecule has 0 unspecified atom stereocenters. The highest BCUT2D eigenvalue weighted by Crippen LogP contribution is 2.21. The predicted molar refractivity (Wildman–Crippen MR) is 82.8 cm³/mol. The van der Waals surface area contributed by atoms with Crippen molar-refractivity contribution in [2.45, 2.75) is 46.0 Å². The van der Waals surface area contributed by atoms with E-state index in [9.17, 15) is 0 Å². The molecule has 6 heteroatoms. The van der Waals surface area contributed by atoms with Crippen molar-refractivity contribution in [2.24, 2.45) is 5.84 Å². The van der Waals surface area contributed by atoms with Crippen molar-refractivity contribution in [2.75, 3.05) is 30.5 Å². The highest BCUT2D eigenvalue weighted by molar-refractivity contribution is 5.47. The van der Waals surface area contributed by atoms with Crippen LogP contribution in [0.25, 0.3) is 0 Å². The largest absolute Gasteiger partial charge is 0.381 e. The van der Waals surface area contributed by atoms with Crippen molar-refractivity contribution < 1.29 is 4.74 Å². The number of aromatic nitrogens is 2. The average molecular weight is 281 g/mol. The Morgan fingerprint density at radius 3 is 2.50 bits per heavy atom. The van der Waals surface area contributed by atoms with Crippen molar-refractivity contribution in [3.63, 3.8) is 0 Å². The third kappa shape index (κ3) is 5.71. The van der Waals surface area contributed by atoms with E-state index in [2.05, 4.69) is 48.4 Å². The molecule has 1 heterocycles. The molecule has 0 aliphatic carbocycles. The summed E-state index contributed by atoms with van der Waals surface area (Å²) >= 11 is 0. The van der Waals surface area contributed by atoms with Gasteiger partial charge >= 0.3 is 0 Å². The lowest BCUT2D eigenvalue weighted by Crippen LogP contribution is -2.20. The van der Waals surface area contributed by atoms with Gasteiger partial charge in [-0.3, -0.25) is 0 Å². The summed E-state index contributed by atoms with van der Waals surface area (Å²) in [6.45, 7) is 10.7. The monoisotopic (exact) mass is 281 g/mol. The van der Waals surface area contributed by atoms with Gasteiger partial charge in [0, 0.05) is 31.2 Å². The van der Waals surface area contributed by atoms with Crippen molar-refractivity contribution in [1.29, 1.82) is 0 Å². The van der Waals surface area contributed by atoms with E-state index in [1.165, 1.54) is 0 Å². The molecule has 0 aliphatic heterocycles. The lowest BCUT2D eigenvalue weighted by Gasteiger charge is -2.18. The molecule has 0 bridgehead atoms. The van der Waals surface area contributed by atoms with Crippen LogP contribution in [0.4, 0.5) is 11.6 Å². The maximum absolute atomic E-state index is 5.45. The summed E-state index contributed by atoms with van der Waals surface area (Å²) in [6, 6.07) is 1.81. The number of hydrogen-bond acceptors (Lipinski definition) is 6. The van der Waals surface area contributed by atoms with Gasteiger partial charge in [-0.25, -0.2) is 15.8 Å². The summed E-state index contributed by atoms with van der Waals surface area (Å²) in [4.78, 5) is 8.91. The van der Waals surface area contributed by atoms with E-state index in [-0.39, 0.29) is 5.41 Å². The van der Waals surface area contributed by atoms with Gasteiger partial charge in [0.25, 0.3) is 0 Å². The van der Waals surface area contributed by atoms with Crippen LogP contribution >= 0.6 is 0 Å². The molecule has 1 aromatic heterocycles. The molecule has 0 radical (unpaired) electrons. The van der Waals surface area contributed by atoms with Crippen LogP contribution < -0.4 is 16.6 Å². The molecule has 1 rings (SSSR count). The first-order chi connectivity index (χ1) is 9.47. The second-order valence-electron chi connectivity index (χ2n) is 5.75. The van der Waals surface area contributed by atoms with Gasteiger partial charge in [-0.15, -0.1) is 0 Å². The van der Waals surface area contributed by atoms with Gasteiger partial charge in [0.15, 0.2) is 0 Å². The van der Waals surface area contributed by atoms with Gasteiger partial charge in [0.2, 0.25) is 0 Å². The van der Waals surface area contributed by atoms with Gasteiger partial charge in [0.1, 0.15) is 17.5 Å². The molecule has 0 aliphatic rings. The third-order valence-corrected chi connectivity index (χ3v) is 2.66. The SMILES string of the molecule is CCCOCCCNc1cc(NN)nc(C(C)(C)C)n1. The molecule has 6 nitrogen and oxygen atoms in total. The quantitative estimate of drug-likeness (QED) is 0.385. The molecule has 20 heavy (non-hydrogen) atoms. The number of anilines is 2. The van der Waals surface area contributed by atoms with E-state index in [1.54, 1.807) is 0 Å². The van der Waals surface area contributed by atoms with Crippen molar-refractivity contribution >= 4 is 11.6 Å². The van der Waals surface area contributed by atoms with E-state index < -0.39 is 0 Å². The Morgan fingerprint density at radius 2 is 1.90 bits per heavy atom. The van der Waals surface area contributed by atoms with Crippen LogP contribution in [0, 0.1) is 0 Å². The second-order valence-corrected chi connectivity index (χ2v) is 5.75. The topological polar surface area (TPSA) is 85.1 Å². The highest BCUT2D eigenvalue weighted by atomic mass is 16.5. The molecule has 0 saturated carbocycles. The minimum absolute atomic E-state index is 0.118. The van der Waals surface area contributed by atoms with Gasteiger partial charge in [0.05, 0.1) is 0 Å². The Labute approximate surface area is 121 Å². The van der Waals surface area contributed by atoms with Crippen molar-refractivity contribution in [3.8, 4) is 0 Å². The summed E-state index contributed by atoms with van der Waals surface area (Å²) in [7, 11) is 0. The molecular weight excluding hydrogens is 254 g/mol. The van der Waals surface area contributed by atoms with Crippen LogP contribution in [-0.2, 0) is 10.2 Å². The molecule has 0 amide bonds. The normalized spacial score (nSPS) is 11.4. The Bertz CT molecular complexity index is 403. The number of nitrogens with one attached hydrogen (secondary N) is 2. The minimum atomic E-state index is -0.118. The summed E-state index contributed by atoms with van der Waals surface area (Å²) in [6.07, 6.45) is 2.00. The number of ether oxygens (including phenoxy) is 1. The molecule has 0 aromatic carbocycles. The van der Waals surface area contributed by atoms with Crippen molar-refractivity contribution in [1.82, 2.24) is 9.97 Å². The summed E-state index contributed by atoms with van der Waals surface area (Å²) in [5.41, 5.74) is 2.46. The summed E-state index contributed by atoms with van der Waals surface area (Å²) in [5, 5.41) is 3.28. The van der Waals surface area contributed by atoms with Gasteiger partial charge in [-0.1, -0.05) is 27.7 Å². The minimum Gasteiger partial charge on any atom is -0.381 e. The molecule has 1 aromatic rings.